The third kappa shape index (κ3) is 1170. The van der Waals surface area contributed by atoms with Crippen LogP contribution in [0.4, 0.5) is 0 Å². The summed E-state index contributed by atoms with van der Waals surface area (Å²) in [6.07, 6.45) is 0. The van der Waals surface area contributed by atoms with E-state index >= 15 is 0 Å². The predicted molar refractivity (Wildman–Crippen MR) is 18.2 cm³/mol. The summed E-state index contributed by atoms with van der Waals surface area (Å²) in [5, 5.41) is 0. The van der Waals surface area contributed by atoms with Gasteiger partial charge in [0.25, 0.3) is 0 Å². The van der Waals surface area contributed by atoms with Gasteiger partial charge in [-0.3, -0.25) is 0 Å². The van der Waals surface area contributed by atoms with E-state index in [2.05, 4.69) is 0 Å². The van der Waals surface area contributed by atoms with Crippen molar-refractivity contribution in [1.29, 1.82) is 0 Å². The van der Waals surface area contributed by atoms with Gasteiger partial charge in [0.15, 0.2) is 0 Å². The van der Waals surface area contributed by atoms with Crippen molar-refractivity contribution < 1.29 is 60.7 Å². The maximum absolute atomic E-state index is 8.91. The average Bonchev–Trinajstić information content (AvgIpc) is 1.12. The fraction of sp³-hybridized carbons (Fsp3) is 0. The van der Waals surface area contributed by atoms with Gasteiger partial charge >= 0.3 is 31.4 Å². The molecule has 0 aliphatic heterocycles. The maximum Gasteiger partial charge on any atom is 5.00 e. The van der Waals surface area contributed by atoms with Crippen molar-refractivity contribution in [1.82, 2.24) is 0 Å². The molecule has 11 heteroatoms. The monoisotopic (exact) mass is 368 g/mol. The van der Waals surface area contributed by atoms with Gasteiger partial charge in [0.1, 0.15) is 0 Å². The minimum absolute atomic E-state index is 0. The van der Waals surface area contributed by atoms with Gasteiger partial charge in [0.2, 0.25) is 0 Å². The van der Waals surface area contributed by atoms with Gasteiger partial charge in [-0.1, -0.05) is 0 Å². The molecule has 0 aromatic carbocycles. The van der Waals surface area contributed by atoms with E-state index < -0.39 is 18.1 Å². The fourth-order valence-electron chi connectivity index (χ4n) is 0. The van der Waals surface area contributed by atoms with Crippen molar-refractivity contribution in [3.63, 3.8) is 0 Å². The van der Waals surface area contributed by atoms with Crippen molar-refractivity contribution in [2.75, 3.05) is 0 Å². The normalized spacial score (nSPS) is 10.9. The van der Waals surface area contributed by atoms with E-state index in [0.29, 0.717) is 0 Å². The van der Waals surface area contributed by atoms with Gasteiger partial charge in [-0.05, 0) is 0 Å². The molecule has 0 bridgehead atoms. The van der Waals surface area contributed by atoms with Gasteiger partial charge in [-0.2, -0.15) is 0 Å². The van der Waals surface area contributed by atoms with E-state index in [1.165, 1.54) is 0 Å². The summed E-state index contributed by atoms with van der Waals surface area (Å²) in [6.45, 7) is 0. The summed E-state index contributed by atoms with van der Waals surface area (Å²) >= 11 is 0. The molecule has 64 valence electrons. The summed E-state index contributed by atoms with van der Waals surface area (Å²) < 4.78 is 0. The molecule has 0 radical (unpaired) electrons. The topological polar surface area (TPSA) is 176 Å². The van der Waals surface area contributed by atoms with Crippen molar-refractivity contribution in [2.24, 2.45) is 0 Å². The van der Waals surface area contributed by atoms with Crippen LogP contribution in [0.3, 0.4) is 0 Å². The summed E-state index contributed by atoms with van der Waals surface area (Å²) in [5.41, 5.74) is 0. The van der Waals surface area contributed by atoms with E-state index in [1.54, 1.807) is 0 Å². The summed E-state index contributed by atoms with van der Waals surface area (Å²) in [6, 6.07) is 0. The second kappa shape index (κ2) is 6.38. The molecule has 8 nitrogen and oxygen atoms in total. The number of rotatable bonds is 0. The first-order valence-corrected chi connectivity index (χ1v) is 5.07. The minimum Gasteiger partial charge on any atom is -0.894 e. The SMILES string of the molecule is [O-][Si](O)(O)O.[O-][Si]([O-])([O-])[O-].[Ta+5]. The maximum atomic E-state index is 8.91. The minimum atomic E-state index is -5.61. The van der Waals surface area contributed by atoms with Crippen molar-refractivity contribution in [3.05, 3.63) is 0 Å². The largest absolute Gasteiger partial charge is 5.00 e. The van der Waals surface area contributed by atoms with Crippen LogP contribution >= 0.6 is 0 Å². The van der Waals surface area contributed by atoms with Crippen molar-refractivity contribution >= 4 is 18.1 Å². The predicted octanol–water partition coefficient (Wildman–Crippen LogP) is -8.38. The van der Waals surface area contributed by atoms with E-state index in [-0.39, 0.29) is 22.4 Å². The Morgan fingerprint density at radius 1 is 0.727 bits per heavy atom. The molecular formula is H3O8Si2Ta. The van der Waals surface area contributed by atoms with Crippen molar-refractivity contribution in [2.45, 2.75) is 0 Å². The van der Waals surface area contributed by atoms with E-state index in [9.17, 15) is 0 Å². The molecule has 0 aliphatic rings. The molecule has 0 rings (SSSR count). The van der Waals surface area contributed by atoms with Crippen LogP contribution in [0.25, 0.3) is 0 Å². The van der Waals surface area contributed by atoms with Gasteiger partial charge in [-0.25, -0.2) is 0 Å². The Balaban J connectivity index is -0.000000107. The van der Waals surface area contributed by atoms with Gasteiger partial charge in [0, 0.05) is 0 Å². The zero-order valence-corrected chi connectivity index (χ0v) is 10.0. The van der Waals surface area contributed by atoms with Gasteiger partial charge in [-0.15, -0.1) is 0 Å². The third-order valence-electron chi connectivity index (χ3n) is 0. The molecule has 0 aliphatic carbocycles. The smallest absolute Gasteiger partial charge is 0.894 e. The second-order valence-corrected chi connectivity index (χ2v) is 3.22. The molecule has 0 amide bonds. The number of hydrogen-bond donors (Lipinski definition) is 3. The molecule has 0 atom stereocenters. The van der Waals surface area contributed by atoms with Crippen molar-refractivity contribution in [3.8, 4) is 0 Å². The Morgan fingerprint density at radius 2 is 0.727 bits per heavy atom. The van der Waals surface area contributed by atoms with Crippen LogP contribution in [0.15, 0.2) is 0 Å². The van der Waals surface area contributed by atoms with Crippen LogP contribution in [0.5, 0.6) is 0 Å². The van der Waals surface area contributed by atoms with E-state index in [4.69, 9.17) is 38.4 Å². The van der Waals surface area contributed by atoms with Crippen LogP contribution in [-0.2, 0) is 22.4 Å². The molecule has 0 fully saturated rings. The first-order valence-electron chi connectivity index (χ1n) is 1.69. The Bertz CT molecular complexity index is 55.1. The molecule has 0 unspecified atom stereocenters. The van der Waals surface area contributed by atoms with Gasteiger partial charge in [0.05, 0.1) is 0 Å². The molecular weight excluding hydrogens is 365 g/mol. The van der Waals surface area contributed by atoms with Crippen LogP contribution in [-0.4, -0.2) is 32.5 Å². The third-order valence-corrected chi connectivity index (χ3v) is 0. The molecule has 0 aromatic rings. The molecule has 0 saturated carbocycles. The Morgan fingerprint density at radius 3 is 0.727 bits per heavy atom. The van der Waals surface area contributed by atoms with Crippen LogP contribution in [0.2, 0.25) is 0 Å². The zero-order chi connectivity index (χ0) is 9.00. The average molecular weight is 368 g/mol. The first-order chi connectivity index (χ1) is 4.00. The molecule has 0 spiro atoms. The van der Waals surface area contributed by atoms with E-state index in [1.807, 2.05) is 0 Å². The van der Waals surface area contributed by atoms with Crippen LogP contribution in [0, 0.1) is 0 Å². The molecule has 3 N–H and O–H groups in total. The number of hydrogen-bond acceptors (Lipinski definition) is 8. The molecule has 0 aromatic heterocycles. The Labute approximate surface area is 79.1 Å². The standard InChI is InChI=1S/H3O4Si.O4Si.Ta/c2*1-5(2,3)4;/h1-3H;;/q-1;-4;+5. The van der Waals surface area contributed by atoms with Crippen LogP contribution in [0.1, 0.15) is 0 Å². The van der Waals surface area contributed by atoms with Crippen LogP contribution < -0.4 is 24.0 Å². The summed E-state index contributed by atoms with van der Waals surface area (Å²) in [5.74, 6) is 0. The second-order valence-electron chi connectivity index (χ2n) is 1.07. The Kier molecular flexibility index (Phi) is 10.3. The first kappa shape index (κ1) is 17.8. The summed E-state index contributed by atoms with van der Waals surface area (Å²) in [7, 11) is -10.5. The van der Waals surface area contributed by atoms with E-state index in [0.717, 1.165) is 0 Å². The zero-order valence-electron chi connectivity index (χ0n) is 4.83. The molecule has 0 heterocycles. The molecule has 11 heavy (non-hydrogen) atoms. The molecule has 0 saturated heterocycles. The Hall–Kier alpha value is 0.854. The van der Waals surface area contributed by atoms with Gasteiger partial charge < -0.3 is 47.4 Å². The summed E-state index contributed by atoms with van der Waals surface area (Å²) in [4.78, 5) is 64.9. The fourth-order valence-corrected chi connectivity index (χ4v) is 0. The quantitative estimate of drug-likeness (QED) is 0.353.